The first kappa shape index (κ1) is 11.8. The van der Waals surface area contributed by atoms with Crippen LogP contribution in [0.2, 0.25) is 0 Å². The summed E-state index contributed by atoms with van der Waals surface area (Å²) < 4.78 is 0.968. The molecule has 1 aromatic heterocycles. The Morgan fingerprint density at radius 1 is 1.41 bits per heavy atom. The van der Waals surface area contributed by atoms with E-state index in [4.69, 9.17) is 5.11 Å². The summed E-state index contributed by atoms with van der Waals surface area (Å²) in [6.45, 7) is 1.56. The first-order valence-corrected chi connectivity index (χ1v) is 5.78. The van der Waals surface area contributed by atoms with Crippen molar-refractivity contribution in [3.8, 4) is 11.4 Å². The van der Waals surface area contributed by atoms with E-state index in [2.05, 4.69) is 31.1 Å². The maximum atomic E-state index is 10.8. The molecule has 17 heavy (non-hydrogen) atoms. The van der Waals surface area contributed by atoms with Gasteiger partial charge in [0.05, 0.1) is 0 Å². The molecule has 1 unspecified atom stereocenters. The molecule has 0 fully saturated rings. The summed E-state index contributed by atoms with van der Waals surface area (Å²) in [6.07, 6.45) is 0. The van der Waals surface area contributed by atoms with Crippen LogP contribution in [0, 0.1) is 0 Å². The van der Waals surface area contributed by atoms with E-state index >= 15 is 0 Å². The molecule has 0 aliphatic rings. The summed E-state index contributed by atoms with van der Waals surface area (Å²) in [6, 6.07) is 7.49. The number of aromatic amines is 1. The molecule has 1 heterocycles. The molecular weight excluding hydrogens is 286 g/mol. The van der Waals surface area contributed by atoms with Gasteiger partial charge in [-0.1, -0.05) is 28.1 Å². The van der Waals surface area contributed by atoms with E-state index in [9.17, 15) is 4.79 Å². The smallest absolute Gasteiger partial charge is 0.313 e. The predicted molar refractivity (Wildman–Crippen MR) is 65.6 cm³/mol. The molecule has 2 rings (SSSR count). The van der Waals surface area contributed by atoms with Gasteiger partial charge in [-0.05, 0) is 19.1 Å². The maximum Gasteiger partial charge on any atom is 0.313 e. The molecule has 2 aromatic rings. The van der Waals surface area contributed by atoms with Crippen LogP contribution >= 0.6 is 15.9 Å². The Balaban J connectivity index is 2.29. The molecule has 0 saturated heterocycles. The maximum absolute atomic E-state index is 10.8. The minimum absolute atomic E-state index is 0.357. The average molecular weight is 296 g/mol. The second-order valence-electron chi connectivity index (χ2n) is 3.61. The Bertz CT molecular complexity index is 536. The zero-order chi connectivity index (χ0) is 12.4. The quantitative estimate of drug-likeness (QED) is 0.911. The monoisotopic (exact) mass is 295 g/mol. The van der Waals surface area contributed by atoms with Gasteiger partial charge in [-0.15, -0.1) is 0 Å². The number of rotatable bonds is 3. The van der Waals surface area contributed by atoms with Crippen LogP contribution in [0.15, 0.2) is 28.7 Å². The van der Waals surface area contributed by atoms with Gasteiger partial charge >= 0.3 is 5.97 Å². The van der Waals surface area contributed by atoms with Crippen LogP contribution in [0.1, 0.15) is 18.7 Å². The minimum atomic E-state index is -0.927. The summed E-state index contributed by atoms with van der Waals surface area (Å²) in [5.41, 5.74) is 0.841. The van der Waals surface area contributed by atoms with E-state index in [0.717, 1.165) is 10.0 Å². The fourth-order valence-corrected chi connectivity index (χ4v) is 1.58. The van der Waals surface area contributed by atoms with E-state index in [1.165, 1.54) is 0 Å². The Labute approximate surface area is 106 Å². The summed E-state index contributed by atoms with van der Waals surface area (Å²) in [5, 5.41) is 15.5. The highest BCUT2D eigenvalue weighted by molar-refractivity contribution is 9.10. The topological polar surface area (TPSA) is 78.9 Å². The van der Waals surface area contributed by atoms with Crippen molar-refractivity contribution in [3.05, 3.63) is 34.6 Å². The van der Waals surface area contributed by atoms with Crippen LogP contribution in [-0.2, 0) is 4.79 Å². The number of H-pyrrole nitrogens is 1. The van der Waals surface area contributed by atoms with Gasteiger partial charge in [-0.3, -0.25) is 9.89 Å². The minimum Gasteiger partial charge on any atom is -0.481 e. The van der Waals surface area contributed by atoms with Crippen molar-refractivity contribution in [2.24, 2.45) is 0 Å². The van der Waals surface area contributed by atoms with Gasteiger partial charge in [0, 0.05) is 10.0 Å². The molecule has 6 heteroatoms. The summed E-state index contributed by atoms with van der Waals surface area (Å²) in [7, 11) is 0. The van der Waals surface area contributed by atoms with Gasteiger partial charge in [0.15, 0.2) is 5.82 Å². The summed E-state index contributed by atoms with van der Waals surface area (Å²) in [5.74, 6) is -0.758. The van der Waals surface area contributed by atoms with Crippen LogP contribution in [-0.4, -0.2) is 26.3 Å². The highest BCUT2D eigenvalue weighted by Gasteiger charge is 2.18. The average Bonchev–Trinajstić information content (AvgIpc) is 2.78. The van der Waals surface area contributed by atoms with E-state index in [1.807, 2.05) is 24.3 Å². The lowest BCUT2D eigenvalue weighted by Gasteiger charge is -1.99. The molecule has 0 saturated carbocycles. The van der Waals surface area contributed by atoms with Crippen LogP contribution < -0.4 is 0 Å². The van der Waals surface area contributed by atoms with Crippen LogP contribution in [0.5, 0.6) is 0 Å². The highest BCUT2D eigenvalue weighted by atomic mass is 79.9. The number of nitrogens with one attached hydrogen (secondary N) is 1. The Kier molecular flexibility index (Phi) is 3.23. The molecule has 1 aromatic carbocycles. The van der Waals surface area contributed by atoms with Crippen molar-refractivity contribution in [1.29, 1.82) is 0 Å². The number of benzene rings is 1. The van der Waals surface area contributed by atoms with Crippen molar-refractivity contribution in [2.75, 3.05) is 0 Å². The van der Waals surface area contributed by atoms with E-state index in [1.54, 1.807) is 6.92 Å². The van der Waals surface area contributed by atoms with Crippen molar-refractivity contribution < 1.29 is 9.90 Å². The number of aromatic nitrogens is 3. The Morgan fingerprint density at radius 3 is 2.65 bits per heavy atom. The predicted octanol–water partition coefficient (Wildman–Crippen LogP) is 2.42. The normalized spacial score (nSPS) is 12.4. The van der Waals surface area contributed by atoms with Gasteiger partial charge in [0.1, 0.15) is 11.7 Å². The lowest BCUT2D eigenvalue weighted by molar-refractivity contribution is -0.138. The second-order valence-corrected chi connectivity index (χ2v) is 4.53. The standard InChI is InChI=1S/C11H10BrN3O2/c1-6(11(16)17)9-13-10(15-14-9)7-2-4-8(12)5-3-7/h2-6H,1H3,(H,16,17)(H,13,14,15). The molecule has 0 spiro atoms. The van der Waals surface area contributed by atoms with Gasteiger partial charge < -0.3 is 5.11 Å². The number of nitrogens with zero attached hydrogens (tertiary/aromatic N) is 2. The van der Waals surface area contributed by atoms with E-state index in [-0.39, 0.29) is 0 Å². The lowest BCUT2D eigenvalue weighted by Crippen LogP contribution is -2.08. The van der Waals surface area contributed by atoms with Crippen LogP contribution in [0.4, 0.5) is 0 Å². The van der Waals surface area contributed by atoms with Gasteiger partial charge in [0.2, 0.25) is 0 Å². The third kappa shape index (κ3) is 2.52. The van der Waals surface area contributed by atoms with Crippen LogP contribution in [0.25, 0.3) is 11.4 Å². The van der Waals surface area contributed by atoms with E-state index < -0.39 is 11.9 Å². The molecule has 0 aliphatic heterocycles. The molecular formula is C11H10BrN3O2. The largest absolute Gasteiger partial charge is 0.481 e. The Hall–Kier alpha value is -1.69. The number of halogens is 1. The van der Waals surface area contributed by atoms with Gasteiger partial charge in [-0.25, -0.2) is 4.98 Å². The third-order valence-corrected chi connectivity index (χ3v) is 2.91. The van der Waals surface area contributed by atoms with E-state index in [0.29, 0.717) is 11.6 Å². The highest BCUT2D eigenvalue weighted by Crippen LogP contribution is 2.20. The summed E-state index contributed by atoms with van der Waals surface area (Å²) >= 11 is 3.34. The molecule has 5 nitrogen and oxygen atoms in total. The molecule has 0 bridgehead atoms. The SMILES string of the molecule is CC(C(=O)O)c1nc(-c2ccc(Br)cc2)n[nH]1. The molecule has 1 atom stereocenters. The van der Waals surface area contributed by atoms with Crippen molar-refractivity contribution in [1.82, 2.24) is 15.2 Å². The molecule has 0 radical (unpaired) electrons. The summed E-state index contributed by atoms with van der Waals surface area (Å²) in [4.78, 5) is 15.0. The lowest BCUT2D eigenvalue weighted by atomic mass is 10.2. The van der Waals surface area contributed by atoms with Gasteiger partial charge in [-0.2, -0.15) is 5.10 Å². The second kappa shape index (κ2) is 4.67. The van der Waals surface area contributed by atoms with Crippen LogP contribution in [0.3, 0.4) is 0 Å². The van der Waals surface area contributed by atoms with Crippen molar-refractivity contribution >= 4 is 21.9 Å². The van der Waals surface area contributed by atoms with Gasteiger partial charge in [0.25, 0.3) is 0 Å². The molecule has 2 N–H and O–H groups in total. The number of hydrogen-bond acceptors (Lipinski definition) is 3. The molecule has 88 valence electrons. The number of carbonyl (C=O) groups is 1. The number of carboxylic acids is 1. The van der Waals surface area contributed by atoms with Crippen molar-refractivity contribution in [3.63, 3.8) is 0 Å². The molecule has 0 amide bonds. The van der Waals surface area contributed by atoms with Crippen molar-refractivity contribution in [2.45, 2.75) is 12.8 Å². The zero-order valence-electron chi connectivity index (χ0n) is 9.01. The molecule has 0 aliphatic carbocycles. The number of aliphatic carboxylic acids is 1. The first-order valence-electron chi connectivity index (χ1n) is 4.99. The first-order chi connectivity index (χ1) is 8.08. The Morgan fingerprint density at radius 2 is 2.06 bits per heavy atom. The zero-order valence-corrected chi connectivity index (χ0v) is 10.6. The fraction of sp³-hybridized carbons (Fsp3) is 0.182. The fourth-order valence-electron chi connectivity index (χ4n) is 1.31. The number of hydrogen-bond donors (Lipinski definition) is 2. The third-order valence-electron chi connectivity index (χ3n) is 2.39. The number of carboxylic acid groups (broad SMARTS) is 1.